The highest BCUT2D eigenvalue weighted by Gasteiger charge is 2.21. The number of hydrogen-bond acceptors (Lipinski definition) is 7. The summed E-state index contributed by atoms with van der Waals surface area (Å²) in [6.45, 7) is 0.936. The van der Waals surface area contributed by atoms with Crippen molar-refractivity contribution in [2.75, 3.05) is 11.9 Å². The number of non-ortho nitro benzene ring substituents is 1. The molecule has 2 rings (SSSR count). The average molecular weight is 359 g/mol. The molecule has 2 aromatic rings. The van der Waals surface area contributed by atoms with Gasteiger partial charge in [-0.05, 0) is 18.6 Å². The molecule has 1 N–H and O–H groups in total. The fourth-order valence-electron chi connectivity index (χ4n) is 2.06. The van der Waals surface area contributed by atoms with Gasteiger partial charge in [-0.15, -0.1) is 0 Å². The maximum Gasteiger partial charge on any atom is 0.345 e. The van der Waals surface area contributed by atoms with Crippen molar-refractivity contribution in [1.82, 2.24) is 0 Å². The lowest BCUT2D eigenvalue weighted by Crippen LogP contribution is -2.21. The summed E-state index contributed by atoms with van der Waals surface area (Å²) < 4.78 is 4.78. The van der Waals surface area contributed by atoms with E-state index in [2.05, 4.69) is 5.32 Å². The highest BCUT2D eigenvalue weighted by atomic mass is 16.6. The first-order valence-corrected chi connectivity index (χ1v) is 7.25. The van der Waals surface area contributed by atoms with Gasteiger partial charge in [-0.2, -0.15) is 0 Å². The van der Waals surface area contributed by atoms with Gasteiger partial charge >= 0.3 is 5.97 Å². The van der Waals surface area contributed by atoms with Crippen LogP contribution in [0.5, 0.6) is 0 Å². The van der Waals surface area contributed by atoms with Gasteiger partial charge in [0.15, 0.2) is 6.61 Å². The lowest BCUT2D eigenvalue weighted by molar-refractivity contribution is -0.385. The molecule has 0 heterocycles. The van der Waals surface area contributed by atoms with E-state index in [1.54, 1.807) is 6.92 Å². The number of nitrogens with zero attached hydrogens (tertiary/aromatic N) is 2. The molecule has 0 aliphatic carbocycles. The molecule has 0 radical (unpaired) electrons. The Morgan fingerprint density at radius 2 is 1.77 bits per heavy atom. The van der Waals surface area contributed by atoms with Gasteiger partial charge in [0, 0.05) is 18.2 Å². The van der Waals surface area contributed by atoms with Crippen molar-refractivity contribution >= 4 is 28.9 Å². The van der Waals surface area contributed by atoms with Gasteiger partial charge in [-0.1, -0.05) is 18.2 Å². The molecule has 0 bridgehead atoms. The van der Waals surface area contributed by atoms with Crippen LogP contribution in [-0.2, 0) is 9.53 Å². The zero-order valence-electron chi connectivity index (χ0n) is 13.5. The molecule has 0 aliphatic heterocycles. The smallest absolute Gasteiger partial charge is 0.345 e. The molecule has 0 aliphatic rings. The number of ether oxygens (including phenoxy) is 1. The van der Waals surface area contributed by atoms with Gasteiger partial charge in [0.2, 0.25) is 0 Å². The molecule has 0 atom stereocenters. The van der Waals surface area contributed by atoms with E-state index in [-0.39, 0.29) is 16.9 Å². The highest BCUT2D eigenvalue weighted by molar-refractivity contribution is 5.97. The number of benzene rings is 2. The van der Waals surface area contributed by atoms with Gasteiger partial charge in [0.05, 0.1) is 15.5 Å². The van der Waals surface area contributed by atoms with Crippen LogP contribution in [0.3, 0.4) is 0 Å². The van der Waals surface area contributed by atoms with Crippen LogP contribution < -0.4 is 5.32 Å². The number of carbonyl (C=O) groups excluding carboxylic acids is 2. The van der Waals surface area contributed by atoms with Crippen LogP contribution in [0.25, 0.3) is 0 Å². The van der Waals surface area contributed by atoms with E-state index < -0.39 is 34.0 Å². The van der Waals surface area contributed by atoms with E-state index in [9.17, 15) is 29.8 Å². The third kappa shape index (κ3) is 4.38. The zero-order valence-corrected chi connectivity index (χ0v) is 13.5. The van der Waals surface area contributed by atoms with E-state index in [1.165, 1.54) is 36.4 Å². The number of esters is 1. The van der Waals surface area contributed by atoms with Gasteiger partial charge in [0.1, 0.15) is 5.56 Å². The lowest BCUT2D eigenvalue weighted by atomic mass is 10.2. The summed E-state index contributed by atoms with van der Waals surface area (Å²) in [4.78, 5) is 44.2. The molecule has 26 heavy (non-hydrogen) atoms. The molecule has 0 saturated heterocycles. The van der Waals surface area contributed by atoms with E-state index >= 15 is 0 Å². The van der Waals surface area contributed by atoms with Gasteiger partial charge < -0.3 is 10.1 Å². The molecule has 0 unspecified atom stereocenters. The number of rotatable bonds is 6. The molecule has 134 valence electrons. The Kier molecular flexibility index (Phi) is 5.58. The minimum Gasteiger partial charge on any atom is -0.452 e. The standard InChI is InChI=1S/C16H13N3O7/c1-10-6-7-11(18(22)23)8-13(10)17-15(20)9-26-16(21)12-4-2-3-5-14(12)19(24)25/h2-8H,9H2,1H3,(H,17,20). The molecule has 0 spiro atoms. The zero-order chi connectivity index (χ0) is 19.3. The molecule has 0 saturated carbocycles. The topological polar surface area (TPSA) is 142 Å². The monoisotopic (exact) mass is 359 g/mol. The van der Waals surface area contributed by atoms with Crippen LogP contribution in [0.4, 0.5) is 17.1 Å². The fraction of sp³-hybridized carbons (Fsp3) is 0.125. The normalized spacial score (nSPS) is 10.0. The second-order valence-electron chi connectivity index (χ2n) is 5.15. The number of nitro groups is 2. The van der Waals surface area contributed by atoms with Crippen LogP contribution in [0, 0.1) is 27.2 Å². The Balaban J connectivity index is 2.04. The van der Waals surface area contributed by atoms with Crippen molar-refractivity contribution in [3.05, 3.63) is 73.8 Å². The van der Waals surface area contributed by atoms with E-state index in [0.29, 0.717) is 5.56 Å². The SMILES string of the molecule is Cc1ccc([N+](=O)[O-])cc1NC(=O)COC(=O)c1ccccc1[N+](=O)[O-]. The van der Waals surface area contributed by atoms with Crippen molar-refractivity contribution in [1.29, 1.82) is 0 Å². The second-order valence-corrected chi connectivity index (χ2v) is 5.15. The predicted molar refractivity (Wildman–Crippen MR) is 89.8 cm³/mol. The molecule has 1 amide bonds. The van der Waals surface area contributed by atoms with Crippen molar-refractivity contribution in [2.45, 2.75) is 6.92 Å². The molecular weight excluding hydrogens is 346 g/mol. The molecule has 0 fully saturated rings. The van der Waals surface area contributed by atoms with Gasteiger partial charge in [-0.25, -0.2) is 4.79 Å². The molecule has 10 heteroatoms. The first-order valence-electron chi connectivity index (χ1n) is 7.25. The summed E-state index contributed by atoms with van der Waals surface area (Å²) in [5.74, 6) is -1.76. The number of anilines is 1. The summed E-state index contributed by atoms with van der Waals surface area (Å²) in [5.41, 5.74) is -0.146. The number of para-hydroxylation sites is 1. The molecular formula is C16H13N3O7. The summed E-state index contributed by atoms with van der Waals surface area (Å²) >= 11 is 0. The summed E-state index contributed by atoms with van der Waals surface area (Å²) in [7, 11) is 0. The van der Waals surface area contributed by atoms with Gasteiger partial charge in [-0.3, -0.25) is 25.0 Å². The lowest BCUT2D eigenvalue weighted by Gasteiger charge is -2.09. The largest absolute Gasteiger partial charge is 0.452 e. The van der Waals surface area contributed by atoms with Crippen molar-refractivity contribution in [3.63, 3.8) is 0 Å². The van der Waals surface area contributed by atoms with Crippen LogP contribution in [-0.4, -0.2) is 28.3 Å². The van der Waals surface area contributed by atoms with Crippen LogP contribution >= 0.6 is 0 Å². The molecule has 10 nitrogen and oxygen atoms in total. The Labute approximate surface area is 146 Å². The summed E-state index contributed by atoms with van der Waals surface area (Å²) in [6.07, 6.45) is 0. The Bertz CT molecular complexity index is 895. The minimum atomic E-state index is -1.02. The summed E-state index contributed by atoms with van der Waals surface area (Å²) in [6, 6.07) is 9.11. The second kappa shape index (κ2) is 7.83. The quantitative estimate of drug-likeness (QED) is 0.474. The van der Waals surface area contributed by atoms with Gasteiger partial charge in [0.25, 0.3) is 17.3 Å². The van der Waals surface area contributed by atoms with Crippen molar-refractivity contribution < 1.29 is 24.2 Å². The van der Waals surface area contributed by atoms with E-state index in [4.69, 9.17) is 4.74 Å². The van der Waals surface area contributed by atoms with Crippen LogP contribution in [0.2, 0.25) is 0 Å². The third-order valence-electron chi connectivity index (χ3n) is 3.36. The number of carbonyl (C=O) groups is 2. The Morgan fingerprint density at radius 1 is 1.08 bits per heavy atom. The predicted octanol–water partition coefficient (Wildman–Crippen LogP) is 2.61. The minimum absolute atomic E-state index is 0.200. The summed E-state index contributed by atoms with van der Waals surface area (Å²) in [5, 5.41) is 24.1. The number of amides is 1. The number of nitro benzene ring substituents is 2. The molecule has 2 aromatic carbocycles. The van der Waals surface area contributed by atoms with Crippen molar-refractivity contribution in [3.8, 4) is 0 Å². The first-order chi connectivity index (χ1) is 12.3. The third-order valence-corrected chi connectivity index (χ3v) is 3.36. The first kappa shape index (κ1) is 18.5. The average Bonchev–Trinajstić information content (AvgIpc) is 2.61. The number of aryl methyl sites for hydroxylation is 1. The maximum absolute atomic E-state index is 11.9. The maximum atomic E-state index is 11.9. The van der Waals surface area contributed by atoms with Crippen LogP contribution in [0.15, 0.2) is 42.5 Å². The number of hydrogen-bond donors (Lipinski definition) is 1. The molecule has 0 aromatic heterocycles. The Morgan fingerprint density at radius 3 is 2.42 bits per heavy atom. The van der Waals surface area contributed by atoms with Crippen molar-refractivity contribution in [2.24, 2.45) is 0 Å². The highest BCUT2D eigenvalue weighted by Crippen LogP contribution is 2.22. The van der Waals surface area contributed by atoms with E-state index in [1.807, 2.05) is 0 Å². The number of nitrogens with one attached hydrogen (secondary N) is 1. The fourth-order valence-corrected chi connectivity index (χ4v) is 2.06. The van der Waals surface area contributed by atoms with E-state index in [0.717, 1.165) is 6.07 Å². The van der Waals surface area contributed by atoms with Crippen LogP contribution in [0.1, 0.15) is 15.9 Å². The Hall–Kier alpha value is -3.82.